The van der Waals surface area contributed by atoms with Crippen molar-refractivity contribution in [3.8, 4) is 11.3 Å². The fourth-order valence-electron chi connectivity index (χ4n) is 1.95. The van der Waals surface area contributed by atoms with E-state index < -0.39 is 11.8 Å². The van der Waals surface area contributed by atoms with Crippen molar-refractivity contribution in [3.63, 3.8) is 0 Å². The van der Waals surface area contributed by atoms with Gasteiger partial charge in [-0.3, -0.25) is 4.79 Å². The number of hydrogen-bond acceptors (Lipinski definition) is 5. The van der Waals surface area contributed by atoms with Crippen LogP contribution in [0.15, 0.2) is 34.2 Å². The molecule has 8 heteroatoms. The summed E-state index contributed by atoms with van der Waals surface area (Å²) in [5.74, 6) is -1.56. The summed E-state index contributed by atoms with van der Waals surface area (Å²) >= 11 is 12.0. The molecule has 2 rings (SSSR count). The summed E-state index contributed by atoms with van der Waals surface area (Å²) in [6.45, 7) is 0. The number of carboxylic acid groups (broad SMARTS) is 1. The van der Waals surface area contributed by atoms with E-state index in [0.717, 1.165) is 0 Å². The smallest absolute Gasteiger partial charge is 0.307 e. The Labute approximate surface area is 146 Å². The molecule has 0 aliphatic heterocycles. The zero-order valence-electron chi connectivity index (χ0n) is 11.8. The van der Waals surface area contributed by atoms with E-state index in [9.17, 15) is 9.18 Å². The fraction of sp³-hybridized carbons (Fsp3) is 0.133. The number of carbonyl (C=O) groups is 1. The molecule has 1 aromatic heterocycles. The zero-order chi connectivity index (χ0) is 17.0. The highest BCUT2D eigenvalue weighted by atomic mass is 35.5. The van der Waals surface area contributed by atoms with Crippen LogP contribution >= 0.6 is 35.6 Å². The highest BCUT2D eigenvalue weighted by Crippen LogP contribution is 2.36. The summed E-state index contributed by atoms with van der Waals surface area (Å²) in [7, 11) is 0. The van der Waals surface area contributed by atoms with Gasteiger partial charge in [0.25, 0.3) is 0 Å². The van der Waals surface area contributed by atoms with Crippen LogP contribution in [0.3, 0.4) is 0 Å². The second-order valence-corrected chi connectivity index (χ2v) is 5.85. The van der Waals surface area contributed by atoms with E-state index in [2.05, 4.69) is 27.4 Å². The number of aliphatic imine (C=N–C) groups is 1. The average Bonchev–Trinajstić information content (AvgIpc) is 2.50. The Morgan fingerprint density at radius 1 is 1.52 bits per heavy atom. The lowest BCUT2D eigenvalue weighted by Crippen LogP contribution is -2.02. The molecule has 0 bridgehead atoms. The number of isothiocyanates is 1. The molecule has 0 atom stereocenters. The fourth-order valence-corrected chi connectivity index (χ4v) is 2.72. The Morgan fingerprint density at radius 3 is 2.83 bits per heavy atom. The van der Waals surface area contributed by atoms with Crippen LogP contribution in [0.2, 0.25) is 5.15 Å². The van der Waals surface area contributed by atoms with E-state index in [4.69, 9.17) is 16.7 Å². The van der Waals surface area contributed by atoms with Crippen LogP contribution in [0, 0.1) is 5.82 Å². The van der Waals surface area contributed by atoms with Crippen LogP contribution in [-0.2, 0) is 11.2 Å². The molecule has 1 N–H and O–H groups in total. The first-order valence-corrected chi connectivity index (χ1v) is 8.30. The Morgan fingerprint density at radius 2 is 2.26 bits per heavy atom. The molecule has 4 nitrogen and oxygen atoms in total. The standard InChI is InChI=1S/C15H10ClFN2O2S2/c1-23-9-5-10(14(18-7-22)11(17)6-9)12-3-2-8(4-13(20)21)15(16)19-12/h2-3,5-6H,4H2,1H3,(H,20,21). The maximum Gasteiger partial charge on any atom is 0.307 e. The Bertz CT molecular complexity index is 823. The topological polar surface area (TPSA) is 62.5 Å². The molecule has 1 aromatic carbocycles. The van der Waals surface area contributed by atoms with Crippen molar-refractivity contribution in [3.05, 3.63) is 40.8 Å². The zero-order valence-corrected chi connectivity index (χ0v) is 14.2. The first-order chi connectivity index (χ1) is 11.0. The number of nitrogens with zero attached hydrogens (tertiary/aromatic N) is 2. The van der Waals surface area contributed by atoms with E-state index in [-0.39, 0.29) is 17.3 Å². The van der Waals surface area contributed by atoms with E-state index in [1.54, 1.807) is 18.2 Å². The number of aliphatic carboxylic acids is 1. The second-order valence-electron chi connectivity index (χ2n) is 4.43. The summed E-state index contributed by atoms with van der Waals surface area (Å²) in [4.78, 5) is 19.4. The van der Waals surface area contributed by atoms with Gasteiger partial charge in [-0.15, -0.1) is 11.8 Å². The first kappa shape index (κ1) is 17.6. The van der Waals surface area contributed by atoms with Crippen molar-refractivity contribution in [2.24, 2.45) is 4.99 Å². The largest absolute Gasteiger partial charge is 0.481 e. The Hall–Kier alpha value is -1.79. The summed E-state index contributed by atoms with van der Waals surface area (Å²) in [6.07, 6.45) is 1.58. The maximum atomic E-state index is 14.2. The first-order valence-electron chi connectivity index (χ1n) is 6.29. The number of pyridine rings is 1. The van der Waals surface area contributed by atoms with Crippen LogP contribution in [0.1, 0.15) is 5.56 Å². The number of hydrogen-bond donors (Lipinski definition) is 1. The van der Waals surface area contributed by atoms with Crippen LogP contribution in [0.25, 0.3) is 11.3 Å². The molecule has 0 aliphatic carbocycles. The van der Waals surface area contributed by atoms with Crippen molar-refractivity contribution in [1.29, 1.82) is 0 Å². The minimum Gasteiger partial charge on any atom is -0.481 e. The SMILES string of the molecule is CSc1cc(F)c(N=C=S)c(-c2ccc(CC(=O)O)c(Cl)n2)c1. The van der Waals surface area contributed by atoms with Gasteiger partial charge >= 0.3 is 5.97 Å². The minimum absolute atomic E-state index is 0.0207. The second kappa shape index (κ2) is 7.66. The molecule has 118 valence electrons. The summed E-state index contributed by atoms with van der Waals surface area (Å²) < 4.78 is 14.2. The van der Waals surface area contributed by atoms with Gasteiger partial charge in [0.05, 0.1) is 17.3 Å². The average molecular weight is 369 g/mol. The third kappa shape index (κ3) is 4.14. The highest BCUT2D eigenvalue weighted by Gasteiger charge is 2.15. The van der Waals surface area contributed by atoms with Gasteiger partial charge in [0.15, 0.2) is 5.82 Å². The van der Waals surface area contributed by atoms with Crippen molar-refractivity contribution >= 4 is 52.4 Å². The van der Waals surface area contributed by atoms with Crippen LogP contribution < -0.4 is 0 Å². The summed E-state index contributed by atoms with van der Waals surface area (Å²) in [5.41, 5.74) is 1.19. The van der Waals surface area contributed by atoms with Crippen molar-refractivity contribution in [1.82, 2.24) is 4.98 Å². The van der Waals surface area contributed by atoms with Gasteiger partial charge in [-0.2, -0.15) is 4.99 Å². The molecule has 0 amide bonds. The van der Waals surface area contributed by atoms with Crippen LogP contribution in [0.4, 0.5) is 10.1 Å². The predicted molar refractivity (Wildman–Crippen MR) is 92.4 cm³/mol. The molecule has 0 radical (unpaired) electrons. The number of thiocarbonyl (C=S) groups is 1. The third-order valence-corrected chi connectivity index (χ3v) is 4.10. The van der Waals surface area contributed by atoms with E-state index in [1.807, 2.05) is 6.26 Å². The van der Waals surface area contributed by atoms with E-state index in [0.29, 0.717) is 21.7 Å². The van der Waals surface area contributed by atoms with Crippen LogP contribution in [0.5, 0.6) is 0 Å². The van der Waals surface area contributed by atoms with Crippen molar-refractivity contribution in [2.75, 3.05) is 6.26 Å². The van der Waals surface area contributed by atoms with Gasteiger partial charge < -0.3 is 5.11 Å². The highest BCUT2D eigenvalue weighted by molar-refractivity contribution is 7.98. The summed E-state index contributed by atoms with van der Waals surface area (Å²) in [5, 5.41) is 11.0. The number of benzene rings is 1. The quantitative estimate of drug-likeness (QED) is 0.361. The molecule has 2 aromatic rings. The van der Waals surface area contributed by atoms with Crippen LogP contribution in [-0.4, -0.2) is 27.5 Å². The molecule has 0 fully saturated rings. The molecular formula is C15H10ClFN2O2S2. The third-order valence-electron chi connectivity index (χ3n) is 2.97. The number of rotatable bonds is 5. The molecule has 1 heterocycles. The van der Waals surface area contributed by atoms with Gasteiger partial charge in [-0.05, 0) is 36.7 Å². The molecular weight excluding hydrogens is 359 g/mol. The number of thioether (sulfide) groups is 1. The van der Waals surface area contributed by atoms with Crippen molar-refractivity contribution < 1.29 is 14.3 Å². The number of aromatic nitrogens is 1. The van der Waals surface area contributed by atoms with Gasteiger partial charge in [0.2, 0.25) is 0 Å². The predicted octanol–water partition coefficient (Wildman–Crippen LogP) is 4.62. The normalized spacial score (nSPS) is 10.2. The van der Waals surface area contributed by atoms with E-state index >= 15 is 0 Å². The Kier molecular flexibility index (Phi) is 5.85. The van der Waals surface area contributed by atoms with E-state index in [1.165, 1.54) is 17.8 Å². The lowest BCUT2D eigenvalue weighted by atomic mass is 10.1. The molecule has 0 unspecified atom stereocenters. The van der Waals surface area contributed by atoms with Gasteiger partial charge in [-0.25, -0.2) is 9.37 Å². The lowest BCUT2D eigenvalue weighted by Gasteiger charge is -2.10. The lowest BCUT2D eigenvalue weighted by molar-refractivity contribution is -0.136. The number of halogens is 2. The molecule has 23 heavy (non-hydrogen) atoms. The van der Waals surface area contributed by atoms with Gasteiger partial charge in [0.1, 0.15) is 10.8 Å². The van der Waals surface area contributed by atoms with Crippen molar-refractivity contribution in [2.45, 2.75) is 11.3 Å². The van der Waals surface area contributed by atoms with Gasteiger partial charge in [0, 0.05) is 16.0 Å². The molecule has 0 spiro atoms. The van der Waals surface area contributed by atoms with Gasteiger partial charge in [-0.1, -0.05) is 17.7 Å². The maximum absolute atomic E-state index is 14.2. The molecule has 0 saturated heterocycles. The molecule has 0 saturated carbocycles. The minimum atomic E-state index is -1.01. The monoisotopic (exact) mass is 368 g/mol. The Balaban J connectivity index is 2.61. The summed E-state index contributed by atoms with van der Waals surface area (Å²) in [6, 6.07) is 6.19. The number of carboxylic acids is 1. The molecule has 0 aliphatic rings.